The summed E-state index contributed by atoms with van der Waals surface area (Å²) in [6.45, 7) is 4.98. The standard InChI is InChI=1S/C31H44Cl2N4O9S/c1-3-7-34-30(40)28(38)29(39)31(41)35-8-10-44-12-14-46-15-13-45-11-9-36-47(42,43)23-6-4-5-21(16-23)25-19-37(2)20-26-24(25)17-22(32)18-27(26)33/h4-6,16-18,25,28-29,36,38-39H,3,7-15,19-20H2,1-2H3,(H,34,40)(H,35,41)/t25-,28+,29+/m0/s1. The topological polar surface area (TPSA) is 176 Å². The Balaban J connectivity index is 1.29. The Bertz CT molecular complexity index is 1430. The van der Waals surface area contributed by atoms with Crippen LogP contribution in [-0.4, -0.2) is 120 Å². The van der Waals surface area contributed by atoms with E-state index in [0.29, 0.717) is 36.1 Å². The summed E-state index contributed by atoms with van der Waals surface area (Å²) in [6, 6.07) is 10.5. The zero-order chi connectivity index (χ0) is 34.4. The minimum absolute atomic E-state index is 0.0676. The van der Waals surface area contributed by atoms with Crippen molar-refractivity contribution in [2.45, 2.75) is 42.9 Å². The number of likely N-dealkylation sites (N-methyl/N-ethyl adjacent to an activating group) is 1. The van der Waals surface area contributed by atoms with Crippen LogP contribution in [0.1, 0.15) is 36.0 Å². The van der Waals surface area contributed by atoms with Crippen LogP contribution in [0.4, 0.5) is 0 Å². The number of carbonyl (C=O) groups excluding carboxylic acids is 2. The maximum atomic E-state index is 13.0. The average Bonchev–Trinajstić information content (AvgIpc) is 3.05. The summed E-state index contributed by atoms with van der Waals surface area (Å²) in [5.41, 5.74) is 2.84. The summed E-state index contributed by atoms with van der Waals surface area (Å²) in [6.07, 6.45) is -3.09. The van der Waals surface area contributed by atoms with Gasteiger partial charge in [0.1, 0.15) is 0 Å². The van der Waals surface area contributed by atoms with Gasteiger partial charge in [0.15, 0.2) is 12.2 Å². The number of hydrogen-bond acceptors (Lipinski definition) is 10. The van der Waals surface area contributed by atoms with Crippen molar-refractivity contribution in [1.82, 2.24) is 20.3 Å². The van der Waals surface area contributed by atoms with Gasteiger partial charge in [-0.15, -0.1) is 0 Å². The lowest BCUT2D eigenvalue weighted by Crippen LogP contribution is -2.50. The van der Waals surface area contributed by atoms with Crippen LogP contribution in [0, 0.1) is 0 Å². The van der Waals surface area contributed by atoms with Crippen LogP contribution in [0.2, 0.25) is 10.0 Å². The van der Waals surface area contributed by atoms with Crippen molar-refractivity contribution in [2.24, 2.45) is 0 Å². The minimum Gasteiger partial charge on any atom is -0.380 e. The molecule has 0 bridgehead atoms. The van der Waals surface area contributed by atoms with E-state index in [1.54, 1.807) is 24.3 Å². The third-order valence-corrected chi connectivity index (χ3v) is 9.29. The lowest BCUT2D eigenvalue weighted by atomic mass is 9.85. The molecule has 5 N–H and O–H groups in total. The first-order valence-electron chi connectivity index (χ1n) is 15.3. The number of aliphatic hydroxyl groups is 2. The van der Waals surface area contributed by atoms with Crippen molar-refractivity contribution >= 4 is 45.0 Å². The van der Waals surface area contributed by atoms with E-state index in [1.165, 1.54) is 0 Å². The first-order valence-corrected chi connectivity index (χ1v) is 17.6. The number of benzene rings is 2. The third kappa shape index (κ3) is 12.2. The molecule has 0 unspecified atom stereocenters. The fraction of sp³-hybridized carbons (Fsp3) is 0.548. The number of halogens is 2. The van der Waals surface area contributed by atoms with Gasteiger partial charge < -0.3 is 40.0 Å². The average molecular weight is 720 g/mol. The highest BCUT2D eigenvalue weighted by Crippen LogP contribution is 2.38. The van der Waals surface area contributed by atoms with E-state index in [0.717, 1.165) is 16.7 Å². The first-order chi connectivity index (χ1) is 22.4. The monoisotopic (exact) mass is 718 g/mol. The zero-order valence-corrected chi connectivity index (χ0v) is 28.9. The molecule has 3 rings (SSSR count). The molecule has 0 saturated carbocycles. The molecule has 1 heterocycles. The largest absolute Gasteiger partial charge is 0.380 e. The molecule has 0 radical (unpaired) electrons. The maximum Gasteiger partial charge on any atom is 0.252 e. The van der Waals surface area contributed by atoms with Gasteiger partial charge in [0.25, 0.3) is 11.8 Å². The number of hydrogen-bond donors (Lipinski definition) is 5. The van der Waals surface area contributed by atoms with E-state index in [2.05, 4.69) is 20.3 Å². The van der Waals surface area contributed by atoms with Crippen molar-refractivity contribution in [3.63, 3.8) is 0 Å². The van der Waals surface area contributed by atoms with Crippen molar-refractivity contribution in [3.8, 4) is 0 Å². The fourth-order valence-corrected chi connectivity index (χ4v) is 6.53. The number of rotatable bonds is 20. The van der Waals surface area contributed by atoms with Gasteiger partial charge in [0.2, 0.25) is 10.0 Å². The van der Waals surface area contributed by atoms with Gasteiger partial charge in [-0.05, 0) is 54.4 Å². The molecular formula is C31H44Cl2N4O9S. The Hall–Kier alpha value is -2.37. The quantitative estimate of drug-likeness (QED) is 0.125. The van der Waals surface area contributed by atoms with Crippen molar-refractivity contribution in [1.29, 1.82) is 0 Å². The lowest BCUT2D eigenvalue weighted by molar-refractivity contribution is -0.146. The zero-order valence-electron chi connectivity index (χ0n) is 26.5. The summed E-state index contributed by atoms with van der Waals surface area (Å²) in [4.78, 5) is 25.8. The number of aliphatic hydroxyl groups excluding tert-OH is 2. The van der Waals surface area contributed by atoms with Crippen molar-refractivity contribution in [3.05, 3.63) is 63.1 Å². The number of fused-ring (bicyclic) bond motifs is 1. The molecule has 2 aromatic carbocycles. The highest BCUT2D eigenvalue weighted by molar-refractivity contribution is 7.89. The second kappa shape index (κ2) is 19.6. The second-order valence-electron chi connectivity index (χ2n) is 11.0. The van der Waals surface area contributed by atoms with Crippen LogP contribution in [0.5, 0.6) is 0 Å². The molecule has 0 aliphatic carbocycles. The van der Waals surface area contributed by atoms with E-state index in [4.69, 9.17) is 37.4 Å². The van der Waals surface area contributed by atoms with Crippen LogP contribution in [0.15, 0.2) is 41.3 Å². The van der Waals surface area contributed by atoms with Crippen LogP contribution in [0.3, 0.4) is 0 Å². The normalized spacial score (nSPS) is 16.3. The fourth-order valence-electron chi connectivity index (χ4n) is 4.89. The van der Waals surface area contributed by atoms with Gasteiger partial charge in [0, 0.05) is 48.7 Å². The van der Waals surface area contributed by atoms with Crippen LogP contribution in [-0.2, 0) is 40.4 Å². The molecule has 1 aliphatic rings. The summed E-state index contributed by atoms with van der Waals surface area (Å²) < 4.78 is 44.8. The Morgan fingerprint density at radius 1 is 0.915 bits per heavy atom. The van der Waals surface area contributed by atoms with Gasteiger partial charge in [0.05, 0.1) is 44.5 Å². The van der Waals surface area contributed by atoms with Gasteiger partial charge in [-0.3, -0.25) is 9.59 Å². The van der Waals surface area contributed by atoms with Gasteiger partial charge in [-0.1, -0.05) is 42.3 Å². The third-order valence-electron chi connectivity index (χ3n) is 7.28. The van der Waals surface area contributed by atoms with Crippen LogP contribution < -0.4 is 15.4 Å². The molecular weight excluding hydrogens is 675 g/mol. The van der Waals surface area contributed by atoms with Crippen molar-refractivity contribution in [2.75, 3.05) is 72.9 Å². The van der Waals surface area contributed by atoms with Gasteiger partial charge >= 0.3 is 0 Å². The molecule has 47 heavy (non-hydrogen) atoms. The van der Waals surface area contributed by atoms with Crippen molar-refractivity contribution < 1.29 is 42.4 Å². The second-order valence-corrected chi connectivity index (χ2v) is 13.6. The predicted molar refractivity (Wildman–Crippen MR) is 177 cm³/mol. The SMILES string of the molecule is CCCNC(=O)[C@H](O)[C@@H](O)C(=O)NCCOCCOCCOCCNS(=O)(=O)c1cccc([C@@H]2CN(C)Cc3c(Cl)cc(Cl)cc32)c1. The number of nitrogens with one attached hydrogen (secondary N) is 3. The number of sulfonamides is 1. The molecule has 16 heteroatoms. The molecule has 2 amide bonds. The Morgan fingerprint density at radius 3 is 2.15 bits per heavy atom. The van der Waals surface area contributed by atoms with E-state index >= 15 is 0 Å². The summed E-state index contributed by atoms with van der Waals surface area (Å²) in [5.74, 6) is -1.79. The van der Waals surface area contributed by atoms with Crippen LogP contribution in [0.25, 0.3) is 0 Å². The van der Waals surface area contributed by atoms with Gasteiger partial charge in [-0.2, -0.15) is 0 Å². The van der Waals surface area contributed by atoms with E-state index in [-0.39, 0.29) is 63.5 Å². The van der Waals surface area contributed by atoms with Gasteiger partial charge in [-0.25, -0.2) is 13.1 Å². The van der Waals surface area contributed by atoms with Crippen LogP contribution >= 0.6 is 23.2 Å². The Morgan fingerprint density at radius 2 is 1.51 bits per heavy atom. The molecule has 0 fully saturated rings. The number of ether oxygens (including phenoxy) is 3. The molecule has 0 saturated heterocycles. The number of nitrogens with zero attached hydrogens (tertiary/aromatic N) is 1. The molecule has 262 valence electrons. The molecule has 0 spiro atoms. The summed E-state index contributed by atoms with van der Waals surface area (Å²) in [7, 11) is -1.78. The first kappa shape index (κ1) is 39.1. The number of carbonyl (C=O) groups is 2. The molecule has 1 aliphatic heterocycles. The summed E-state index contributed by atoms with van der Waals surface area (Å²) in [5, 5.41) is 25.4. The maximum absolute atomic E-state index is 13.0. The molecule has 13 nitrogen and oxygen atoms in total. The van der Waals surface area contributed by atoms with E-state index < -0.39 is 34.0 Å². The molecule has 3 atom stereocenters. The van der Waals surface area contributed by atoms with E-state index in [1.807, 2.05) is 26.1 Å². The van der Waals surface area contributed by atoms with E-state index in [9.17, 15) is 28.2 Å². The predicted octanol–water partition coefficient (Wildman–Crippen LogP) is 1.26. The Kier molecular flexibility index (Phi) is 16.3. The highest BCUT2D eigenvalue weighted by atomic mass is 35.5. The summed E-state index contributed by atoms with van der Waals surface area (Å²) >= 11 is 12.8. The lowest BCUT2D eigenvalue weighted by Gasteiger charge is -2.33. The molecule has 0 aromatic heterocycles. The smallest absolute Gasteiger partial charge is 0.252 e. The Labute approximate surface area is 285 Å². The minimum atomic E-state index is -3.78. The molecule has 2 aromatic rings. The highest BCUT2D eigenvalue weighted by Gasteiger charge is 2.30. The number of amides is 2.